The minimum atomic E-state index is -1.06. The minimum absolute atomic E-state index is 0.0539. The van der Waals surface area contributed by atoms with Crippen LogP contribution in [0.4, 0.5) is 4.39 Å². The molecule has 2 aromatic carbocycles. The summed E-state index contributed by atoms with van der Waals surface area (Å²) in [5.74, 6) is -0.735. The van der Waals surface area contributed by atoms with E-state index in [0.29, 0.717) is 22.2 Å². The summed E-state index contributed by atoms with van der Waals surface area (Å²) in [5, 5.41) is 20.9. The van der Waals surface area contributed by atoms with Crippen molar-refractivity contribution in [3.8, 4) is 17.1 Å². The lowest BCUT2D eigenvalue weighted by atomic mass is 10.2. The Morgan fingerprint density at radius 2 is 2.00 bits per heavy atom. The van der Waals surface area contributed by atoms with Gasteiger partial charge in [-0.25, -0.2) is 9.18 Å². The summed E-state index contributed by atoms with van der Waals surface area (Å²) in [6, 6.07) is 11.0. The lowest BCUT2D eigenvalue weighted by Gasteiger charge is -2.04. The van der Waals surface area contributed by atoms with Crippen molar-refractivity contribution in [1.82, 2.24) is 20.2 Å². The first-order valence-corrected chi connectivity index (χ1v) is 7.56. The fourth-order valence-corrected chi connectivity index (χ4v) is 2.32. The molecule has 3 rings (SSSR count). The van der Waals surface area contributed by atoms with Crippen LogP contribution in [-0.2, 0) is 11.3 Å². The second kappa shape index (κ2) is 7.27. The van der Waals surface area contributed by atoms with Gasteiger partial charge in [-0.3, -0.25) is 0 Å². The molecule has 0 aliphatic carbocycles. The summed E-state index contributed by atoms with van der Waals surface area (Å²) < 4.78 is 18.9. The van der Waals surface area contributed by atoms with Gasteiger partial charge in [-0.2, -0.15) is 4.80 Å². The summed E-state index contributed by atoms with van der Waals surface area (Å²) in [7, 11) is 0. The predicted octanol–water partition coefficient (Wildman–Crippen LogP) is 2.64. The standard InChI is InChI=1S/C16H12ClFN4O3/c17-13-2-1-3-14(18)12(13)8-22-20-16(19-21-22)10-4-6-11(7-5-10)25-9-15(23)24/h1-7H,8-9H2,(H,23,24). The quantitative estimate of drug-likeness (QED) is 0.725. The number of benzene rings is 2. The van der Waals surface area contributed by atoms with Gasteiger partial charge in [0.25, 0.3) is 0 Å². The Balaban J connectivity index is 1.74. The monoisotopic (exact) mass is 362 g/mol. The Labute approximate surface area is 146 Å². The van der Waals surface area contributed by atoms with E-state index in [1.807, 2.05) is 0 Å². The highest BCUT2D eigenvalue weighted by Crippen LogP contribution is 2.21. The Morgan fingerprint density at radius 1 is 1.24 bits per heavy atom. The fourth-order valence-electron chi connectivity index (χ4n) is 2.10. The van der Waals surface area contributed by atoms with E-state index in [0.717, 1.165) is 0 Å². The van der Waals surface area contributed by atoms with Crippen LogP contribution in [0.2, 0.25) is 5.02 Å². The van der Waals surface area contributed by atoms with E-state index in [9.17, 15) is 9.18 Å². The normalized spacial score (nSPS) is 10.6. The molecule has 0 amide bonds. The summed E-state index contributed by atoms with van der Waals surface area (Å²) in [5.41, 5.74) is 0.944. The molecule has 128 valence electrons. The summed E-state index contributed by atoms with van der Waals surface area (Å²) in [4.78, 5) is 11.7. The number of carboxylic acid groups (broad SMARTS) is 1. The Morgan fingerprint density at radius 3 is 2.68 bits per heavy atom. The number of hydrogen-bond donors (Lipinski definition) is 1. The third-order valence-electron chi connectivity index (χ3n) is 3.29. The van der Waals surface area contributed by atoms with Gasteiger partial charge in [-0.15, -0.1) is 10.2 Å². The topological polar surface area (TPSA) is 90.1 Å². The highest BCUT2D eigenvalue weighted by atomic mass is 35.5. The zero-order chi connectivity index (χ0) is 17.8. The average Bonchev–Trinajstić information content (AvgIpc) is 3.05. The number of hydrogen-bond acceptors (Lipinski definition) is 5. The Kier molecular flexibility index (Phi) is 4.90. The number of halogens is 2. The van der Waals surface area contributed by atoms with Gasteiger partial charge < -0.3 is 9.84 Å². The smallest absolute Gasteiger partial charge is 0.341 e. The van der Waals surface area contributed by atoms with Crippen molar-refractivity contribution in [2.45, 2.75) is 6.54 Å². The molecule has 0 atom stereocenters. The van der Waals surface area contributed by atoms with E-state index < -0.39 is 18.4 Å². The molecule has 0 radical (unpaired) electrons. The van der Waals surface area contributed by atoms with Crippen molar-refractivity contribution in [1.29, 1.82) is 0 Å². The van der Waals surface area contributed by atoms with E-state index in [1.54, 1.807) is 30.3 Å². The lowest BCUT2D eigenvalue weighted by Crippen LogP contribution is -2.09. The van der Waals surface area contributed by atoms with Gasteiger partial charge in [0, 0.05) is 16.1 Å². The predicted molar refractivity (Wildman–Crippen MR) is 86.9 cm³/mol. The van der Waals surface area contributed by atoms with Crippen molar-refractivity contribution in [2.24, 2.45) is 0 Å². The lowest BCUT2D eigenvalue weighted by molar-refractivity contribution is -0.139. The Hall–Kier alpha value is -3.00. The van der Waals surface area contributed by atoms with Crippen molar-refractivity contribution in [3.05, 3.63) is 58.9 Å². The van der Waals surface area contributed by atoms with Crippen LogP contribution in [0.3, 0.4) is 0 Å². The first-order valence-electron chi connectivity index (χ1n) is 7.18. The summed E-state index contributed by atoms with van der Waals surface area (Å²) in [6.45, 7) is -0.366. The molecule has 0 fully saturated rings. The Bertz CT molecular complexity index is 878. The molecule has 1 aromatic heterocycles. The largest absolute Gasteiger partial charge is 0.482 e. The maximum Gasteiger partial charge on any atom is 0.341 e. The van der Waals surface area contributed by atoms with Crippen LogP contribution >= 0.6 is 11.6 Å². The SMILES string of the molecule is O=C(O)COc1ccc(-c2nnn(Cc3c(F)cccc3Cl)n2)cc1. The van der Waals surface area contributed by atoms with Crippen LogP contribution in [0.1, 0.15) is 5.56 Å². The van der Waals surface area contributed by atoms with E-state index in [-0.39, 0.29) is 12.1 Å². The van der Waals surface area contributed by atoms with Crippen LogP contribution in [0.15, 0.2) is 42.5 Å². The number of tetrazole rings is 1. The second-order valence-electron chi connectivity index (χ2n) is 5.05. The van der Waals surface area contributed by atoms with Gasteiger partial charge in [0.05, 0.1) is 6.54 Å². The van der Waals surface area contributed by atoms with E-state index in [1.165, 1.54) is 16.9 Å². The molecule has 25 heavy (non-hydrogen) atoms. The number of nitrogens with zero attached hydrogens (tertiary/aromatic N) is 4. The van der Waals surface area contributed by atoms with Gasteiger partial charge in [0.2, 0.25) is 5.82 Å². The molecular formula is C16H12ClFN4O3. The third-order valence-corrected chi connectivity index (χ3v) is 3.64. The van der Waals surface area contributed by atoms with E-state index in [4.69, 9.17) is 21.4 Å². The number of carboxylic acids is 1. The molecule has 0 spiro atoms. The number of aliphatic carboxylic acids is 1. The highest BCUT2D eigenvalue weighted by molar-refractivity contribution is 6.31. The van der Waals surface area contributed by atoms with Crippen molar-refractivity contribution in [2.75, 3.05) is 6.61 Å². The molecular weight excluding hydrogens is 351 g/mol. The molecule has 3 aromatic rings. The molecule has 1 heterocycles. The van der Waals surface area contributed by atoms with Gasteiger partial charge in [-0.1, -0.05) is 17.7 Å². The van der Waals surface area contributed by atoms with Gasteiger partial charge in [0.1, 0.15) is 11.6 Å². The molecule has 0 saturated heterocycles. The van der Waals surface area contributed by atoms with Crippen molar-refractivity contribution < 1.29 is 19.0 Å². The van der Waals surface area contributed by atoms with Crippen molar-refractivity contribution in [3.63, 3.8) is 0 Å². The molecule has 0 bridgehead atoms. The highest BCUT2D eigenvalue weighted by Gasteiger charge is 2.11. The molecule has 9 heteroatoms. The van der Waals surface area contributed by atoms with E-state index >= 15 is 0 Å². The van der Waals surface area contributed by atoms with Crippen LogP contribution in [0, 0.1) is 5.82 Å². The fraction of sp³-hybridized carbons (Fsp3) is 0.125. The summed E-state index contributed by atoms with van der Waals surface area (Å²) in [6.07, 6.45) is 0. The summed E-state index contributed by atoms with van der Waals surface area (Å²) >= 11 is 5.99. The van der Waals surface area contributed by atoms with Crippen LogP contribution in [0.5, 0.6) is 5.75 Å². The van der Waals surface area contributed by atoms with Gasteiger partial charge in [0.15, 0.2) is 6.61 Å². The first kappa shape index (κ1) is 16.8. The van der Waals surface area contributed by atoms with Crippen LogP contribution in [-0.4, -0.2) is 37.9 Å². The molecule has 7 nitrogen and oxygen atoms in total. The first-order chi connectivity index (χ1) is 12.0. The van der Waals surface area contributed by atoms with Crippen LogP contribution in [0.25, 0.3) is 11.4 Å². The minimum Gasteiger partial charge on any atom is -0.482 e. The van der Waals surface area contributed by atoms with Crippen molar-refractivity contribution >= 4 is 17.6 Å². The zero-order valence-corrected chi connectivity index (χ0v) is 13.5. The molecule has 1 N–H and O–H groups in total. The van der Waals surface area contributed by atoms with Crippen LogP contribution < -0.4 is 4.74 Å². The number of rotatable bonds is 6. The number of ether oxygens (including phenoxy) is 1. The maximum atomic E-state index is 13.8. The molecule has 0 aliphatic heterocycles. The van der Waals surface area contributed by atoms with Gasteiger partial charge >= 0.3 is 5.97 Å². The van der Waals surface area contributed by atoms with E-state index in [2.05, 4.69) is 15.4 Å². The molecule has 0 aliphatic rings. The molecule has 0 saturated carbocycles. The number of carbonyl (C=O) groups is 1. The molecule has 0 unspecified atom stereocenters. The maximum absolute atomic E-state index is 13.8. The zero-order valence-electron chi connectivity index (χ0n) is 12.8. The van der Waals surface area contributed by atoms with Gasteiger partial charge in [-0.05, 0) is 41.6 Å². The average molecular weight is 363 g/mol. The third kappa shape index (κ3) is 4.10. The second-order valence-corrected chi connectivity index (χ2v) is 5.46. The number of aromatic nitrogens is 4.